The number of anilines is 1. The number of nitrogen functional groups attached to an aromatic ring is 1. The molecule has 31 heteroatoms. The number of nitrogens with one attached hydrogen (secondary N) is 1. The number of aromatic amines is 1. The number of aryl methyl sites for hydroxylation is 1. The maximum atomic E-state index is 12.6. The van der Waals surface area contributed by atoms with E-state index in [1.54, 1.807) is 0 Å². The van der Waals surface area contributed by atoms with Crippen LogP contribution in [-0.2, 0) is 40.8 Å². The van der Waals surface area contributed by atoms with E-state index in [4.69, 9.17) is 29.8 Å². The van der Waals surface area contributed by atoms with Gasteiger partial charge in [0.05, 0.1) is 31.7 Å². The third-order valence-electron chi connectivity index (χ3n) is 7.41. The average Bonchev–Trinajstić information content (AvgIpc) is 3.72. The second kappa shape index (κ2) is 15.8. The molecule has 2 fully saturated rings. The first-order valence-corrected chi connectivity index (χ1v) is 20.5. The molecule has 5 rings (SSSR count). The van der Waals surface area contributed by atoms with E-state index in [1.165, 1.54) is 24.0 Å². The average molecular weight is 818 g/mol. The lowest BCUT2D eigenvalue weighted by molar-refractivity contribution is -0.0483. The van der Waals surface area contributed by atoms with Crippen LogP contribution in [0.15, 0.2) is 33.6 Å². The van der Waals surface area contributed by atoms with E-state index in [0.717, 1.165) is 10.9 Å². The van der Waals surface area contributed by atoms with Crippen LogP contribution >= 0.6 is 31.6 Å². The number of azide groups is 1. The van der Waals surface area contributed by atoms with Gasteiger partial charge in [0.2, 0.25) is 0 Å². The summed E-state index contributed by atoms with van der Waals surface area (Å²) >= 11 is 0. The summed E-state index contributed by atoms with van der Waals surface area (Å²) in [5.41, 5.74) is 13.6. The van der Waals surface area contributed by atoms with Gasteiger partial charge in [-0.15, -0.1) is 0 Å². The Morgan fingerprint density at radius 3 is 2.54 bits per heavy atom. The quantitative estimate of drug-likeness (QED) is 0.0417. The SMILES string of the molecule is Cc1cn([C@H]2C[C@H](N=[N+]=[N-])[C@@H](COP(O)OP(=O)(O)OP(=O)(O)CP(=O)(O)OC[C@H]3O[C@@H](n4cnc5c(N)ncnc54)[C@H](O)[C@@H]3O)O2)c(=O)[nH]c1=O. The minimum Gasteiger partial charge on any atom is -0.387 e. The fraction of sp³-hybridized carbons (Fsp3) is 0.571. The summed E-state index contributed by atoms with van der Waals surface area (Å²) in [6.07, 6.45) is -5.01. The Labute approximate surface area is 290 Å². The van der Waals surface area contributed by atoms with Crippen LogP contribution in [0.4, 0.5) is 5.82 Å². The summed E-state index contributed by atoms with van der Waals surface area (Å²) in [7, 11) is -19.8. The molecule has 0 amide bonds. The third kappa shape index (κ3) is 9.37. The molecular weight excluding hydrogens is 788 g/mol. The molecule has 3 aromatic heterocycles. The van der Waals surface area contributed by atoms with Gasteiger partial charge in [-0.1, -0.05) is 5.11 Å². The molecule has 11 atom stereocenters. The number of phosphoric acid groups is 1. The Bertz CT molecular complexity index is 2110. The normalized spacial score (nSPS) is 28.9. The van der Waals surface area contributed by atoms with E-state index in [2.05, 4.69) is 38.6 Å². The number of aliphatic hydroxyl groups excluding tert-OH is 2. The van der Waals surface area contributed by atoms with Crippen LogP contribution < -0.4 is 17.0 Å². The van der Waals surface area contributed by atoms with Crippen LogP contribution in [0.2, 0.25) is 0 Å². The second-order valence-electron chi connectivity index (χ2n) is 11.1. The summed E-state index contributed by atoms with van der Waals surface area (Å²) in [5, 5.41) is 24.5. The van der Waals surface area contributed by atoms with Crippen LogP contribution in [0, 0.1) is 6.92 Å². The molecule has 0 aliphatic carbocycles. The van der Waals surface area contributed by atoms with Crippen LogP contribution in [0.3, 0.4) is 0 Å². The Morgan fingerprint density at radius 1 is 1.10 bits per heavy atom. The van der Waals surface area contributed by atoms with E-state index in [0.29, 0.717) is 0 Å². The number of rotatable bonds is 15. The summed E-state index contributed by atoms with van der Waals surface area (Å²) in [5.74, 6) is -1.77. The molecule has 2 saturated heterocycles. The highest BCUT2D eigenvalue weighted by Crippen LogP contribution is 2.69. The number of H-pyrrole nitrogens is 1. The molecular formula is C21H30N10O17P4. The molecule has 0 aromatic carbocycles. The highest BCUT2D eigenvalue weighted by atomic mass is 31.3. The van der Waals surface area contributed by atoms with Crippen molar-refractivity contribution in [2.45, 2.75) is 56.3 Å². The van der Waals surface area contributed by atoms with Gasteiger partial charge in [0.1, 0.15) is 36.4 Å². The molecule has 2 aliphatic heterocycles. The van der Waals surface area contributed by atoms with Crippen LogP contribution in [0.5, 0.6) is 0 Å². The van der Waals surface area contributed by atoms with Gasteiger partial charge in [-0.25, -0.2) is 32.9 Å². The lowest BCUT2D eigenvalue weighted by atomic mass is 10.1. The minimum absolute atomic E-state index is 0.0156. The van der Waals surface area contributed by atoms with Gasteiger partial charge in [-0.3, -0.25) is 28.0 Å². The highest BCUT2D eigenvalue weighted by molar-refractivity contribution is 7.75. The topological polar surface area (TPSA) is 401 Å². The third-order valence-corrected chi connectivity index (χ3v) is 14.4. The largest absolute Gasteiger partial charge is 0.486 e. The summed E-state index contributed by atoms with van der Waals surface area (Å²) in [6.45, 7) is -0.193. The highest BCUT2D eigenvalue weighted by Gasteiger charge is 2.47. The number of aromatic nitrogens is 6. The Hall–Kier alpha value is -3.02. The van der Waals surface area contributed by atoms with Gasteiger partial charge in [-0.05, 0) is 12.5 Å². The Kier molecular flexibility index (Phi) is 12.2. The van der Waals surface area contributed by atoms with Gasteiger partial charge in [0.15, 0.2) is 23.6 Å². The molecule has 3 aromatic rings. The van der Waals surface area contributed by atoms with E-state index in [9.17, 15) is 53.1 Å². The predicted octanol–water partition coefficient (Wildman–Crippen LogP) is -0.433. The van der Waals surface area contributed by atoms with Crippen molar-refractivity contribution >= 4 is 48.6 Å². The fourth-order valence-electron chi connectivity index (χ4n) is 5.08. The summed E-state index contributed by atoms with van der Waals surface area (Å²) in [4.78, 5) is 80.8. The molecule has 0 radical (unpaired) electrons. The number of ether oxygens (including phenoxy) is 2. The molecule has 2 aliphatic rings. The van der Waals surface area contributed by atoms with Crippen molar-refractivity contribution in [2.75, 3.05) is 24.9 Å². The van der Waals surface area contributed by atoms with Crippen molar-refractivity contribution in [3.8, 4) is 0 Å². The Morgan fingerprint density at radius 2 is 1.83 bits per heavy atom. The van der Waals surface area contributed by atoms with E-state index in [-0.39, 0.29) is 29.0 Å². The smallest absolute Gasteiger partial charge is 0.387 e. The Balaban J connectivity index is 1.13. The zero-order valence-electron chi connectivity index (χ0n) is 26.2. The second-order valence-corrected chi connectivity index (χ2v) is 18.0. The first-order valence-electron chi connectivity index (χ1n) is 14.4. The minimum atomic E-state index is -5.71. The van der Waals surface area contributed by atoms with Gasteiger partial charge >= 0.3 is 37.3 Å². The van der Waals surface area contributed by atoms with Crippen LogP contribution in [0.1, 0.15) is 24.4 Å². The van der Waals surface area contributed by atoms with Crippen molar-refractivity contribution in [3.63, 3.8) is 0 Å². The number of aliphatic hydroxyl groups is 2. The van der Waals surface area contributed by atoms with Crippen molar-refractivity contribution in [3.05, 3.63) is 55.7 Å². The van der Waals surface area contributed by atoms with Crippen molar-refractivity contribution < 1.29 is 70.6 Å². The number of hydrogen-bond acceptors (Lipinski definition) is 19. The first-order chi connectivity index (χ1) is 24.3. The molecule has 27 nitrogen and oxygen atoms in total. The van der Waals surface area contributed by atoms with E-state index in [1.807, 2.05) is 0 Å². The van der Waals surface area contributed by atoms with Gasteiger partial charge < -0.3 is 54.0 Å². The first kappa shape index (κ1) is 40.2. The molecule has 0 saturated carbocycles. The molecule has 5 heterocycles. The number of fused-ring (bicyclic) bond motifs is 1. The van der Waals surface area contributed by atoms with E-state index >= 15 is 0 Å². The lowest BCUT2D eigenvalue weighted by Gasteiger charge is -2.22. The van der Waals surface area contributed by atoms with Crippen LogP contribution in [0.25, 0.3) is 21.6 Å². The summed E-state index contributed by atoms with van der Waals surface area (Å²) < 4.78 is 69.2. The molecule has 52 heavy (non-hydrogen) atoms. The van der Waals surface area contributed by atoms with Crippen molar-refractivity contribution in [1.29, 1.82) is 0 Å². The monoisotopic (exact) mass is 818 g/mol. The zero-order chi connectivity index (χ0) is 38.2. The molecule has 4 unspecified atom stereocenters. The van der Waals surface area contributed by atoms with Gasteiger partial charge in [-0.2, -0.15) is 0 Å². The predicted molar refractivity (Wildman–Crippen MR) is 171 cm³/mol. The van der Waals surface area contributed by atoms with Gasteiger partial charge in [0, 0.05) is 23.1 Å². The number of hydrogen-bond donors (Lipinski definition) is 8. The van der Waals surface area contributed by atoms with E-state index < -0.39 is 105 Å². The number of imidazole rings is 1. The maximum Gasteiger partial charge on any atom is 0.486 e. The van der Waals surface area contributed by atoms with Crippen molar-refractivity contribution in [1.82, 2.24) is 29.1 Å². The van der Waals surface area contributed by atoms with Crippen molar-refractivity contribution in [2.24, 2.45) is 5.11 Å². The standard InChI is InChI=1S/C21H30N10O17P4/c1-9-3-30(21(35)27-19(9)34)13-2-10(28-29-23)11(45-13)4-43-49(36)47-52(41,42)48-51(39,40)8-50(37,38)44-5-12-15(32)16(33)20(46-12)31-7-26-14-17(22)24-6-25-18(14)31/h3,6-7,10-13,15-16,20,32-33,36H,2,4-5,8H2,1H3,(H,37,38)(H,39,40)(H,41,42)(H2,22,24,25)(H,27,34,35)/t10-,11+,12+,13+,15+,16+,20+,49?/m0/s1. The molecule has 0 bridgehead atoms. The molecule has 0 spiro atoms. The van der Waals surface area contributed by atoms with Gasteiger partial charge in [0.25, 0.3) is 5.56 Å². The number of nitrogens with two attached hydrogens (primary N) is 1. The van der Waals surface area contributed by atoms with Crippen LogP contribution in [-0.4, -0.2) is 108 Å². The number of nitrogens with zero attached hydrogens (tertiary/aromatic N) is 8. The fourth-order valence-corrected chi connectivity index (χ4v) is 11.1. The summed E-state index contributed by atoms with van der Waals surface area (Å²) in [6, 6.07) is -1.00. The zero-order valence-corrected chi connectivity index (χ0v) is 29.8. The lowest BCUT2D eigenvalue weighted by Crippen LogP contribution is -2.33. The maximum absolute atomic E-state index is 12.6. The molecule has 9 N–H and O–H groups in total. The molecule has 286 valence electrons.